The van der Waals surface area contributed by atoms with Crippen molar-refractivity contribution in [2.45, 2.75) is 51.7 Å². The Balaban J connectivity index is 1.73. The Bertz CT molecular complexity index is 1180. The standard InChI is InChI=1S/C22H24FN3O3S/c1-2-17-5-3-4-11-24(17)19(27)14-25-18-10-12-30-20(18)21(28)26(22(25)29)13-15-6-8-16(23)9-7-15/h6-10,12,17H,2-5,11,13-14H2,1H3/t17-/m1/s1. The SMILES string of the molecule is CC[C@@H]1CCCCN1C(=O)Cn1c(=O)n(Cc2ccc(F)cc2)c(=O)c2sccc21. The summed E-state index contributed by atoms with van der Waals surface area (Å²) in [5, 5.41) is 1.75. The number of nitrogens with zero attached hydrogens (tertiary/aromatic N) is 3. The first-order valence-electron chi connectivity index (χ1n) is 10.2. The van der Waals surface area contributed by atoms with E-state index in [4.69, 9.17) is 0 Å². The second-order valence-electron chi connectivity index (χ2n) is 7.67. The lowest BCUT2D eigenvalue weighted by Gasteiger charge is -2.35. The minimum absolute atomic E-state index is 0.0290. The van der Waals surface area contributed by atoms with Crippen molar-refractivity contribution in [1.82, 2.24) is 14.0 Å². The van der Waals surface area contributed by atoms with Gasteiger partial charge in [0.05, 0.1) is 12.1 Å². The molecule has 2 aromatic heterocycles. The third-order valence-electron chi connectivity index (χ3n) is 5.80. The van der Waals surface area contributed by atoms with Crippen molar-refractivity contribution in [2.75, 3.05) is 6.54 Å². The first-order chi connectivity index (χ1) is 14.5. The van der Waals surface area contributed by atoms with Crippen molar-refractivity contribution >= 4 is 27.5 Å². The molecule has 158 valence electrons. The van der Waals surface area contributed by atoms with Crippen LogP contribution in [-0.4, -0.2) is 32.5 Å². The Morgan fingerprint density at radius 1 is 1.13 bits per heavy atom. The van der Waals surface area contributed by atoms with Crippen molar-refractivity contribution < 1.29 is 9.18 Å². The molecule has 1 aliphatic heterocycles. The third-order valence-corrected chi connectivity index (χ3v) is 6.69. The topological polar surface area (TPSA) is 64.3 Å². The van der Waals surface area contributed by atoms with Gasteiger partial charge in [-0.25, -0.2) is 9.18 Å². The van der Waals surface area contributed by atoms with E-state index < -0.39 is 5.69 Å². The van der Waals surface area contributed by atoms with E-state index in [0.717, 1.165) is 30.3 Å². The fourth-order valence-corrected chi connectivity index (χ4v) is 5.02. The third kappa shape index (κ3) is 3.84. The molecule has 1 aromatic carbocycles. The maximum atomic E-state index is 13.2. The van der Waals surface area contributed by atoms with Crippen molar-refractivity contribution in [3.8, 4) is 0 Å². The van der Waals surface area contributed by atoms with E-state index in [0.29, 0.717) is 22.3 Å². The van der Waals surface area contributed by atoms with Crippen LogP contribution in [0.2, 0.25) is 0 Å². The Labute approximate surface area is 177 Å². The summed E-state index contributed by atoms with van der Waals surface area (Å²) >= 11 is 1.25. The van der Waals surface area contributed by atoms with Gasteiger partial charge in [0.1, 0.15) is 17.1 Å². The Morgan fingerprint density at radius 3 is 2.63 bits per heavy atom. The second-order valence-corrected chi connectivity index (χ2v) is 8.58. The van der Waals surface area contributed by atoms with Crippen LogP contribution in [0.5, 0.6) is 0 Å². The van der Waals surface area contributed by atoms with Crippen LogP contribution in [0.25, 0.3) is 10.2 Å². The lowest BCUT2D eigenvalue weighted by molar-refractivity contribution is -0.135. The minimum Gasteiger partial charge on any atom is -0.338 e. The van der Waals surface area contributed by atoms with Crippen LogP contribution in [-0.2, 0) is 17.9 Å². The molecule has 1 fully saturated rings. The number of rotatable bonds is 5. The van der Waals surface area contributed by atoms with E-state index in [2.05, 4.69) is 6.92 Å². The Kier molecular flexibility index (Phi) is 5.85. The molecule has 0 unspecified atom stereocenters. The predicted molar refractivity (Wildman–Crippen MR) is 115 cm³/mol. The molecule has 1 saturated heterocycles. The van der Waals surface area contributed by atoms with Gasteiger partial charge in [0.25, 0.3) is 5.56 Å². The molecule has 0 aliphatic carbocycles. The van der Waals surface area contributed by atoms with Gasteiger partial charge in [-0.3, -0.25) is 18.7 Å². The Morgan fingerprint density at radius 2 is 1.90 bits per heavy atom. The quantitative estimate of drug-likeness (QED) is 0.626. The number of hydrogen-bond acceptors (Lipinski definition) is 4. The van der Waals surface area contributed by atoms with Crippen LogP contribution in [0.1, 0.15) is 38.2 Å². The van der Waals surface area contributed by atoms with E-state index in [-0.39, 0.29) is 36.4 Å². The largest absolute Gasteiger partial charge is 0.338 e. The number of carbonyl (C=O) groups excluding carboxylic acids is 1. The van der Waals surface area contributed by atoms with Gasteiger partial charge in [0, 0.05) is 12.6 Å². The summed E-state index contributed by atoms with van der Waals surface area (Å²) in [4.78, 5) is 41.1. The Hall–Kier alpha value is -2.74. The zero-order chi connectivity index (χ0) is 21.3. The molecular formula is C22H24FN3O3S. The van der Waals surface area contributed by atoms with Gasteiger partial charge in [0.2, 0.25) is 5.91 Å². The van der Waals surface area contributed by atoms with Gasteiger partial charge in [-0.05, 0) is 54.8 Å². The minimum atomic E-state index is -0.520. The number of likely N-dealkylation sites (tertiary alicyclic amines) is 1. The second kappa shape index (κ2) is 8.55. The maximum absolute atomic E-state index is 13.2. The lowest BCUT2D eigenvalue weighted by Crippen LogP contribution is -2.47. The molecule has 0 N–H and O–H groups in total. The number of amides is 1. The van der Waals surface area contributed by atoms with E-state index in [1.54, 1.807) is 23.6 Å². The van der Waals surface area contributed by atoms with E-state index in [9.17, 15) is 18.8 Å². The van der Waals surface area contributed by atoms with E-state index in [1.807, 2.05) is 4.90 Å². The summed E-state index contributed by atoms with van der Waals surface area (Å²) in [5.41, 5.74) is 0.228. The van der Waals surface area contributed by atoms with E-state index >= 15 is 0 Å². The molecule has 0 bridgehead atoms. The number of fused-ring (bicyclic) bond motifs is 1. The number of hydrogen-bond donors (Lipinski definition) is 0. The van der Waals surface area contributed by atoms with Crippen molar-refractivity contribution in [3.63, 3.8) is 0 Å². The van der Waals surface area contributed by atoms with Gasteiger partial charge < -0.3 is 4.90 Å². The predicted octanol–water partition coefficient (Wildman–Crippen LogP) is 3.20. The molecule has 0 spiro atoms. The zero-order valence-corrected chi connectivity index (χ0v) is 17.7. The molecule has 1 amide bonds. The number of benzene rings is 1. The van der Waals surface area contributed by atoms with Gasteiger partial charge in [-0.15, -0.1) is 11.3 Å². The van der Waals surface area contributed by atoms with Crippen molar-refractivity contribution in [2.24, 2.45) is 0 Å². The van der Waals surface area contributed by atoms with Crippen LogP contribution in [0, 0.1) is 5.82 Å². The highest BCUT2D eigenvalue weighted by Gasteiger charge is 2.26. The highest BCUT2D eigenvalue weighted by molar-refractivity contribution is 7.17. The fraction of sp³-hybridized carbons (Fsp3) is 0.409. The van der Waals surface area contributed by atoms with Gasteiger partial charge >= 0.3 is 5.69 Å². The zero-order valence-electron chi connectivity index (χ0n) is 16.8. The highest BCUT2D eigenvalue weighted by atomic mass is 32.1. The van der Waals surface area contributed by atoms with Gasteiger partial charge in [0.15, 0.2) is 0 Å². The summed E-state index contributed by atoms with van der Waals surface area (Å²) in [7, 11) is 0. The maximum Gasteiger partial charge on any atom is 0.332 e. The molecule has 3 aromatic rings. The highest BCUT2D eigenvalue weighted by Crippen LogP contribution is 2.21. The van der Waals surface area contributed by atoms with Gasteiger partial charge in [-0.1, -0.05) is 19.1 Å². The fourth-order valence-electron chi connectivity index (χ4n) is 4.18. The summed E-state index contributed by atoms with van der Waals surface area (Å²) in [6.07, 6.45) is 3.95. The average Bonchev–Trinajstić information content (AvgIpc) is 3.25. The molecule has 8 heteroatoms. The monoisotopic (exact) mass is 429 g/mol. The summed E-state index contributed by atoms with van der Waals surface area (Å²) in [6, 6.07) is 7.61. The van der Waals surface area contributed by atoms with Crippen LogP contribution in [0.3, 0.4) is 0 Å². The van der Waals surface area contributed by atoms with Crippen LogP contribution >= 0.6 is 11.3 Å². The molecule has 1 atom stereocenters. The number of carbonyl (C=O) groups is 1. The number of aromatic nitrogens is 2. The van der Waals surface area contributed by atoms with Crippen LogP contribution in [0.4, 0.5) is 4.39 Å². The number of piperidine rings is 1. The van der Waals surface area contributed by atoms with Gasteiger partial charge in [-0.2, -0.15) is 0 Å². The molecule has 6 nitrogen and oxygen atoms in total. The first kappa shape index (κ1) is 20.5. The summed E-state index contributed by atoms with van der Waals surface area (Å²) in [5.74, 6) is -0.474. The van der Waals surface area contributed by atoms with Crippen LogP contribution < -0.4 is 11.2 Å². The molecule has 1 aliphatic rings. The summed E-state index contributed by atoms with van der Waals surface area (Å²) in [6.45, 7) is 2.71. The first-order valence-corrected chi connectivity index (χ1v) is 11.1. The molecule has 0 saturated carbocycles. The van der Waals surface area contributed by atoms with Crippen molar-refractivity contribution in [3.05, 3.63) is 67.9 Å². The molecule has 3 heterocycles. The molecular weight excluding hydrogens is 405 g/mol. The van der Waals surface area contributed by atoms with Crippen LogP contribution in [0.15, 0.2) is 45.3 Å². The summed E-state index contributed by atoms with van der Waals surface area (Å²) < 4.78 is 16.2. The number of thiophene rings is 1. The molecule has 30 heavy (non-hydrogen) atoms. The lowest BCUT2D eigenvalue weighted by atomic mass is 10.00. The van der Waals surface area contributed by atoms with E-state index in [1.165, 1.54) is 28.0 Å². The normalized spacial score (nSPS) is 16.9. The molecule has 0 radical (unpaired) electrons. The van der Waals surface area contributed by atoms with Crippen molar-refractivity contribution in [1.29, 1.82) is 0 Å². The number of halogens is 1. The average molecular weight is 430 g/mol. The smallest absolute Gasteiger partial charge is 0.332 e. The molecule has 4 rings (SSSR count).